The zero-order chi connectivity index (χ0) is 8.55. The molecule has 2 aliphatic rings. The van der Waals surface area contributed by atoms with E-state index in [1.54, 1.807) is 6.08 Å². The van der Waals surface area contributed by atoms with Gasteiger partial charge in [-0.15, -0.1) is 0 Å². The summed E-state index contributed by atoms with van der Waals surface area (Å²) in [6, 6.07) is -0.375. The van der Waals surface area contributed by atoms with Crippen LogP contribution in [0.5, 0.6) is 0 Å². The number of carbonyl (C=O) groups is 1. The lowest BCUT2D eigenvalue weighted by atomic mass is 10.0. The minimum absolute atomic E-state index is 0.00981. The van der Waals surface area contributed by atoms with E-state index in [2.05, 4.69) is 10.2 Å². The van der Waals surface area contributed by atoms with E-state index >= 15 is 0 Å². The molecule has 12 heavy (non-hydrogen) atoms. The molecule has 1 aliphatic heterocycles. The Hall–Kier alpha value is -1.51. The molecule has 2 rings (SSSR count). The fourth-order valence-electron chi connectivity index (χ4n) is 1.28. The summed E-state index contributed by atoms with van der Waals surface area (Å²) in [5.41, 5.74) is 1.76. The summed E-state index contributed by atoms with van der Waals surface area (Å²) in [4.78, 5) is 11.3. The second kappa shape index (κ2) is 2.52. The zero-order valence-electron chi connectivity index (χ0n) is 6.69. The molecule has 0 saturated carbocycles. The topological polar surface area (TPSA) is 41.8 Å². The Kier molecular flexibility index (Phi) is 1.50. The highest BCUT2D eigenvalue weighted by atomic mass is 16.1. The van der Waals surface area contributed by atoms with Crippen molar-refractivity contribution in [1.82, 2.24) is 0 Å². The molecule has 3 heteroatoms. The summed E-state index contributed by atoms with van der Waals surface area (Å²) in [6.07, 6.45) is 7.00. The lowest BCUT2D eigenvalue weighted by Gasteiger charge is -2.01. The van der Waals surface area contributed by atoms with Crippen LogP contribution in [0.4, 0.5) is 0 Å². The van der Waals surface area contributed by atoms with E-state index in [0.29, 0.717) is 0 Å². The third kappa shape index (κ3) is 0.942. The van der Waals surface area contributed by atoms with Gasteiger partial charge in [-0.3, -0.25) is 4.79 Å². The molecule has 0 aromatic carbocycles. The van der Waals surface area contributed by atoms with Crippen molar-refractivity contribution in [2.45, 2.75) is 13.0 Å². The molecule has 0 N–H and O–H groups in total. The first-order valence-corrected chi connectivity index (χ1v) is 3.79. The standard InChI is InChI=1S/C9H8N2O/c1-6-7-4-2-3-5-8(12)9(7)11-10-6/h2-5,9H,1H3. The number of allylic oxidation sites excluding steroid dienone is 3. The van der Waals surface area contributed by atoms with Crippen LogP contribution < -0.4 is 0 Å². The fraction of sp³-hybridized carbons (Fsp3) is 0.222. The molecule has 3 nitrogen and oxygen atoms in total. The summed E-state index contributed by atoms with van der Waals surface area (Å²) in [5.74, 6) is 0.00981. The van der Waals surface area contributed by atoms with Crippen LogP contribution >= 0.6 is 0 Å². The van der Waals surface area contributed by atoms with E-state index in [0.717, 1.165) is 11.3 Å². The molecule has 0 saturated heterocycles. The normalized spacial score (nSPS) is 26.4. The van der Waals surface area contributed by atoms with E-state index in [1.807, 2.05) is 19.1 Å². The van der Waals surface area contributed by atoms with Crippen molar-refractivity contribution in [3.05, 3.63) is 35.6 Å². The largest absolute Gasteiger partial charge is 0.292 e. The van der Waals surface area contributed by atoms with Gasteiger partial charge in [0, 0.05) is 5.57 Å². The molecule has 60 valence electrons. The van der Waals surface area contributed by atoms with Gasteiger partial charge in [0.15, 0.2) is 11.8 Å². The van der Waals surface area contributed by atoms with Crippen molar-refractivity contribution in [3.8, 4) is 0 Å². The van der Waals surface area contributed by atoms with E-state index in [4.69, 9.17) is 0 Å². The number of hydrogen-bond acceptors (Lipinski definition) is 3. The van der Waals surface area contributed by atoms with Gasteiger partial charge in [-0.1, -0.05) is 18.2 Å². The summed E-state index contributed by atoms with van der Waals surface area (Å²) < 4.78 is 0. The number of ketones is 1. The zero-order valence-corrected chi connectivity index (χ0v) is 6.69. The Morgan fingerprint density at radius 1 is 1.33 bits per heavy atom. The second-order valence-corrected chi connectivity index (χ2v) is 2.78. The van der Waals surface area contributed by atoms with Crippen LogP contribution in [-0.2, 0) is 4.79 Å². The molecule has 0 aromatic rings. The SMILES string of the molecule is CC1=C2C=CC=CC(=O)C2N=N1. The Balaban J connectivity index is 2.48. The van der Waals surface area contributed by atoms with Crippen LogP contribution in [0.1, 0.15) is 6.92 Å². The quantitative estimate of drug-likeness (QED) is 0.532. The lowest BCUT2D eigenvalue weighted by Crippen LogP contribution is -2.14. The molecule has 0 radical (unpaired) electrons. The predicted molar refractivity (Wildman–Crippen MR) is 44.6 cm³/mol. The van der Waals surface area contributed by atoms with E-state index in [9.17, 15) is 4.79 Å². The summed E-state index contributed by atoms with van der Waals surface area (Å²) >= 11 is 0. The van der Waals surface area contributed by atoms with E-state index < -0.39 is 0 Å². The molecule has 1 atom stereocenters. The van der Waals surface area contributed by atoms with Crippen molar-refractivity contribution < 1.29 is 4.79 Å². The molecule has 0 aromatic heterocycles. The summed E-state index contributed by atoms with van der Waals surface area (Å²) in [7, 11) is 0. The van der Waals surface area contributed by atoms with Crippen molar-refractivity contribution in [1.29, 1.82) is 0 Å². The number of hydrogen-bond donors (Lipinski definition) is 0. The highest BCUT2D eigenvalue weighted by Gasteiger charge is 2.25. The monoisotopic (exact) mass is 160 g/mol. The van der Waals surface area contributed by atoms with Crippen molar-refractivity contribution in [2.24, 2.45) is 10.2 Å². The molecule has 0 fully saturated rings. The van der Waals surface area contributed by atoms with Gasteiger partial charge in [0.2, 0.25) is 0 Å². The molecular weight excluding hydrogens is 152 g/mol. The second-order valence-electron chi connectivity index (χ2n) is 2.78. The molecule has 0 spiro atoms. The van der Waals surface area contributed by atoms with Crippen LogP contribution in [0, 0.1) is 0 Å². The number of fused-ring (bicyclic) bond motifs is 1. The van der Waals surface area contributed by atoms with Gasteiger partial charge in [-0.25, -0.2) is 0 Å². The third-order valence-corrected chi connectivity index (χ3v) is 1.95. The smallest absolute Gasteiger partial charge is 0.186 e. The number of rotatable bonds is 0. The van der Waals surface area contributed by atoms with Crippen molar-refractivity contribution in [2.75, 3.05) is 0 Å². The summed E-state index contributed by atoms with van der Waals surface area (Å²) in [5, 5.41) is 7.75. The minimum atomic E-state index is -0.375. The average molecular weight is 160 g/mol. The van der Waals surface area contributed by atoms with Gasteiger partial charge in [-0.2, -0.15) is 10.2 Å². The maximum Gasteiger partial charge on any atom is 0.186 e. The van der Waals surface area contributed by atoms with Gasteiger partial charge >= 0.3 is 0 Å². The number of azo groups is 1. The average Bonchev–Trinajstić information content (AvgIpc) is 2.30. The Morgan fingerprint density at radius 3 is 2.92 bits per heavy atom. The molecule has 1 unspecified atom stereocenters. The third-order valence-electron chi connectivity index (χ3n) is 1.95. The van der Waals surface area contributed by atoms with Gasteiger partial charge in [0.05, 0.1) is 5.70 Å². The van der Waals surface area contributed by atoms with Gasteiger partial charge in [0.1, 0.15) is 0 Å². The molecule has 1 aliphatic carbocycles. The molecular formula is C9H8N2O. The van der Waals surface area contributed by atoms with Gasteiger partial charge in [0.25, 0.3) is 0 Å². The van der Waals surface area contributed by atoms with Crippen LogP contribution in [0.2, 0.25) is 0 Å². The molecule has 0 bridgehead atoms. The Labute approximate surface area is 70.2 Å². The first-order valence-electron chi connectivity index (χ1n) is 3.79. The maximum absolute atomic E-state index is 11.3. The Bertz CT molecular complexity index is 348. The minimum Gasteiger partial charge on any atom is -0.292 e. The van der Waals surface area contributed by atoms with Crippen LogP contribution in [0.3, 0.4) is 0 Å². The highest BCUT2D eigenvalue weighted by Crippen LogP contribution is 2.25. The maximum atomic E-state index is 11.3. The van der Waals surface area contributed by atoms with E-state index in [1.165, 1.54) is 6.08 Å². The lowest BCUT2D eigenvalue weighted by molar-refractivity contribution is -0.114. The molecule has 1 heterocycles. The van der Waals surface area contributed by atoms with Crippen LogP contribution in [0.25, 0.3) is 0 Å². The highest BCUT2D eigenvalue weighted by molar-refractivity contribution is 5.98. The van der Waals surface area contributed by atoms with Crippen molar-refractivity contribution >= 4 is 5.78 Å². The Morgan fingerprint density at radius 2 is 2.08 bits per heavy atom. The summed E-state index contributed by atoms with van der Waals surface area (Å²) in [6.45, 7) is 1.86. The first-order chi connectivity index (χ1) is 5.79. The predicted octanol–water partition coefficient (Wildman–Crippen LogP) is 1.79. The fourth-order valence-corrected chi connectivity index (χ4v) is 1.28. The van der Waals surface area contributed by atoms with Gasteiger partial charge in [-0.05, 0) is 13.0 Å². The number of carbonyl (C=O) groups excluding carboxylic acids is 1. The van der Waals surface area contributed by atoms with Crippen molar-refractivity contribution in [3.63, 3.8) is 0 Å². The first kappa shape index (κ1) is 7.16. The van der Waals surface area contributed by atoms with E-state index in [-0.39, 0.29) is 11.8 Å². The number of nitrogens with zero attached hydrogens (tertiary/aromatic N) is 2. The van der Waals surface area contributed by atoms with Crippen LogP contribution in [-0.4, -0.2) is 11.8 Å². The van der Waals surface area contributed by atoms with Crippen LogP contribution in [0.15, 0.2) is 45.8 Å². The molecule has 0 amide bonds. The van der Waals surface area contributed by atoms with Gasteiger partial charge < -0.3 is 0 Å².